The molecule has 96 heavy (non-hydrogen) atoms. The van der Waals surface area contributed by atoms with Crippen molar-refractivity contribution >= 4 is 39.5 Å². The Morgan fingerprint density at radius 2 is 0.438 bits per heavy atom. The van der Waals surface area contributed by atoms with E-state index in [1.165, 1.54) is 186 Å². The Morgan fingerprint density at radius 1 is 0.260 bits per heavy atom. The Hall–Kier alpha value is -1.94. The minimum atomic E-state index is -4.96. The Kier molecular flexibility index (Phi) is 65.0. The van der Waals surface area contributed by atoms with E-state index in [1.807, 2.05) is 0 Å². The van der Waals surface area contributed by atoms with Gasteiger partial charge in [-0.3, -0.25) is 37.3 Å². The van der Waals surface area contributed by atoms with Gasteiger partial charge in [-0.15, -0.1) is 0 Å². The van der Waals surface area contributed by atoms with Crippen molar-refractivity contribution in [1.29, 1.82) is 0 Å². The minimum absolute atomic E-state index is 0.105. The molecular weight excluding hydrogens is 1260 g/mol. The summed E-state index contributed by atoms with van der Waals surface area (Å²) in [7, 11) is -9.91. The third-order valence-electron chi connectivity index (χ3n) is 17.8. The summed E-state index contributed by atoms with van der Waals surface area (Å²) < 4.78 is 68.5. The molecule has 0 aliphatic carbocycles. The second-order valence-corrected chi connectivity index (χ2v) is 32.6. The zero-order valence-electron chi connectivity index (χ0n) is 63.0. The Morgan fingerprint density at radius 3 is 0.646 bits per heavy atom. The molecule has 0 saturated carbocycles. The smallest absolute Gasteiger partial charge is 0.462 e. The first-order chi connectivity index (χ1) is 46.1. The molecule has 2 unspecified atom stereocenters. The predicted octanol–water partition coefficient (Wildman–Crippen LogP) is 22.4. The van der Waals surface area contributed by atoms with Crippen LogP contribution in [0.1, 0.15) is 389 Å². The molecule has 17 nitrogen and oxygen atoms in total. The lowest BCUT2D eigenvalue weighted by Crippen LogP contribution is -2.30. The first-order valence-corrected chi connectivity index (χ1v) is 42.7. The normalized spacial score (nSPS) is 14.1. The summed E-state index contributed by atoms with van der Waals surface area (Å²) in [6, 6.07) is 0. The largest absolute Gasteiger partial charge is 0.472 e. The third kappa shape index (κ3) is 70.5. The van der Waals surface area contributed by atoms with E-state index >= 15 is 0 Å². The van der Waals surface area contributed by atoms with E-state index in [2.05, 4.69) is 55.4 Å². The summed E-state index contributed by atoms with van der Waals surface area (Å²) in [5.41, 5.74) is 0. The van der Waals surface area contributed by atoms with Crippen molar-refractivity contribution < 1.29 is 80.2 Å². The maximum Gasteiger partial charge on any atom is 0.472 e. The summed E-state index contributed by atoms with van der Waals surface area (Å²) in [6.07, 6.45) is 51.5. The van der Waals surface area contributed by atoms with Crippen molar-refractivity contribution in [2.45, 2.75) is 408 Å². The van der Waals surface area contributed by atoms with E-state index in [-0.39, 0.29) is 25.7 Å². The lowest BCUT2D eigenvalue weighted by Gasteiger charge is -2.21. The Balaban J connectivity index is 5.22. The van der Waals surface area contributed by atoms with E-state index in [1.54, 1.807) is 0 Å². The number of aliphatic hydroxyl groups is 1. The summed E-state index contributed by atoms with van der Waals surface area (Å²) in [5, 5.41) is 10.6. The Bertz CT molecular complexity index is 1880. The quantitative estimate of drug-likeness (QED) is 0.0222. The molecule has 0 aliphatic rings. The lowest BCUT2D eigenvalue weighted by atomic mass is 10.0. The number of carbonyl (C=O) groups excluding carboxylic acids is 4. The van der Waals surface area contributed by atoms with Crippen LogP contribution in [-0.4, -0.2) is 96.7 Å². The number of phosphoric acid groups is 2. The van der Waals surface area contributed by atoms with Gasteiger partial charge in [0.15, 0.2) is 12.2 Å². The maximum atomic E-state index is 13.1. The summed E-state index contributed by atoms with van der Waals surface area (Å²) in [4.78, 5) is 72.8. The number of carbonyl (C=O) groups is 4. The summed E-state index contributed by atoms with van der Waals surface area (Å²) in [5.74, 6) is 0.907. The van der Waals surface area contributed by atoms with Gasteiger partial charge in [0.25, 0.3) is 0 Å². The molecule has 3 N–H and O–H groups in total. The minimum Gasteiger partial charge on any atom is -0.462 e. The van der Waals surface area contributed by atoms with Crippen molar-refractivity contribution in [1.82, 2.24) is 0 Å². The van der Waals surface area contributed by atoms with E-state index in [0.717, 1.165) is 114 Å². The van der Waals surface area contributed by atoms with Gasteiger partial charge in [0.05, 0.1) is 26.4 Å². The SMILES string of the molecule is CC(C)CCCCCCCCCCCCCCCCCC(=O)OC[C@H](COP(=O)(O)OC[C@@H](O)COP(=O)(O)OC[C@@H](COC(=O)CCCCCCCCC(C)C)OC(=O)CCCCCCCCCCCCCCC(C)C)OC(=O)CCCCCCCCCCCCCC(C)C. The molecule has 0 rings (SSSR count). The molecular formula is C77H150O17P2. The number of rotatable bonds is 74. The van der Waals surface area contributed by atoms with Gasteiger partial charge < -0.3 is 33.8 Å². The van der Waals surface area contributed by atoms with Crippen molar-refractivity contribution in [3.63, 3.8) is 0 Å². The molecule has 0 amide bonds. The third-order valence-corrected chi connectivity index (χ3v) is 19.7. The van der Waals surface area contributed by atoms with Gasteiger partial charge in [-0.1, -0.05) is 338 Å². The highest BCUT2D eigenvalue weighted by Crippen LogP contribution is 2.45. The molecule has 0 aromatic carbocycles. The van der Waals surface area contributed by atoms with Crippen molar-refractivity contribution in [2.75, 3.05) is 39.6 Å². The fourth-order valence-electron chi connectivity index (χ4n) is 11.7. The van der Waals surface area contributed by atoms with Crippen molar-refractivity contribution in [3.8, 4) is 0 Å². The van der Waals surface area contributed by atoms with Crippen LogP contribution < -0.4 is 0 Å². The molecule has 0 aliphatic heterocycles. The topological polar surface area (TPSA) is 237 Å². The fraction of sp³-hybridized carbons (Fsp3) is 0.948. The number of hydrogen-bond acceptors (Lipinski definition) is 15. The molecule has 0 fully saturated rings. The second-order valence-electron chi connectivity index (χ2n) is 29.7. The van der Waals surface area contributed by atoms with Gasteiger partial charge in [-0.2, -0.15) is 0 Å². The van der Waals surface area contributed by atoms with Crippen LogP contribution in [0.3, 0.4) is 0 Å². The van der Waals surface area contributed by atoms with Crippen molar-refractivity contribution in [3.05, 3.63) is 0 Å². The maximum absolute atomic E-state index is 13.1. The first-order valence-electron chi connectivity index (χ1n) is 39.7. The van der Waals surface area contributed by atoms with E-state index in [0.29, 0.717) is 31.6 Å². The molecule has 0 radical (unpaired) electrons. The molecule has 0 heterocycles. The van der Waals surface area contributed by atoms with Crippen LogP contribution in [-0.2, 0) is 65.4 Å². The van der Waals surface area contributed by atoms with Gasteiger partial charge in [0, 0.05) is 25.7 Å². The van der Waals surface area contributed by atoms with Gasteiger partial charge >= 0.3 is 39.5 Å². The molecule has 570 valence electrons. The Labute approximate surface area is 588 Å². The number of unbranched alkanes of at least 4 members (excludes halogenated alkanes) is 40. The first kappa shape index (κ1) is 94.1. The van der Waals surface area contributed by atoms with Crippen LogP contribution >= 0.6 is 15.6 Å². The molecule has 5 atom stereocenters. The molecule has 0 aromatic rings. The second kappa shape index (κ2) is 66.3. The standard InChI is InChI=1S/C77H150O17P2/c1-67(2)53-45-37-29-23-17-12-10-9-11-13-20-26-32-41-49-57-74(79)87-63-72(93-77(82)60-52-44-34-28-22-16-19-25-31-39-47-55-69(5)6)65-91-95(83,84)89-61-71(78)62-90-96(85,86)92-66-73(64-88-75(80)58-50-42-36-35-40-48-56-70(7)8)94-76(81)59-51-43-33-27-21-15-14-18-24-30-38-46-54-68(3)4/h67-73,78H,9-66H2,1-8H3,(H,83,84)(H,85,86)/t71-,72-,73-/m1/s1. The van der Waals surface area contributed by atoms with Gasteiger partial charge in [0.1, 0.15) is 19.3 Å². The number of phosphoric ester groups is 2. The highest BCUT2D eigenvalue weighted by Gasteiger charge is 2.30. The lowest BCUT2D eigenvalue weighted by molar-refractivity contribution is -0.161. The van der Waals surface area contributed by atoms with Crippen LogP contribution in [0.4, 0.5) is 0 Å². The molecule has 0 aromatic heterocycles. The van der Waals surface area contributed by atoms with Crippen LogP contribution in [0.25, 0.3) is 0 Å². The summed E-state index contributed by atoms with van der Waals surface area (Å²) in [6.45, 7) is 14.2. The highest BCUT2D eigenvalue weighted by molar-refractivity contribution is 7.47. The predicted molar refractivity (Wildman–Crippen MR) is 391 cm³/mol. The van der Waals surface area contributed by atoms with E-state index in [9.17, 15) is 43.2 Å². The molecule has 0 saturated heterocycles. The zero-order chi connectivity index (χ0) is 71.0. The zero-order valence-corrected chi connectivity index (χ0v) is 64.8. The van der Waals surface area contributed by atoms with Gasteiger partial charge in [-0.25, -0.2) is 9.13 Å². The van der Waals surface area contributed by atoms with E-state index < -0.39 is 97.5 Å². The molecule has 0 bridgehead atoms. The molecule has 19 heteroatoms. The van der Waals surface area contributed by atoms with Gasteiger partial charge in [-0.05, 0) is 49.4 Å². The van der Waals surface area contributed by atoms with E-state index in [4.69, 9.17) is 37.0 Å². The number of hydrogen-bond donors (Lipinski definition) is 3. The van der Waals surface area contributed by atoms with Crippen LogP contribution in [0.15, 0.2) is 0 Å². The monoisotopic (exact) mass is 1410 g/mol. The highest BCUT2D eigenvalue weighted by atomic mass is 31.2. The van der Waals surface area contributed by atoms with Crippen LogP contribution in [0.2, 0.25) is 0 Å². The number of ether oxygens (including phenoxy) is 4. The van der Waals surface area contributed by atoms with Crippen LogP contribution in [0, 0.1) is 23.7 Å². The average Bonchev–Trinajstić information content (AvgIpc) is 2.69. The fourth-order valence-corrected chi connectivity index (χ4v) is 13.3. The average molecular weight is 1410 g/mol. The van der Waals surface area contributed by atoms with Crippen molar-refractivity contribution in [2.24, 2.45) is 23.7 Å². The van der Waals surface area contributed by atoms with Gasteiger partial charge in [0.2, 0.25) is 0 Å². The number of esters is 4. The number of aliphatic hydroxyl groups excluding tert-OH is 1. The summed E-state index contributed by atoms with van der Waals surface area (Å²) >= 11 is 0. The molecule has 0 spiro atoms. The van der Waals surface area contributed by atoms with Crippen LogP contribution in [0.5, 0.6) is 0 Å².